The third-order valence-electron chi connectivity index (χ3n) is 6.13. The van der Waals surface area contributed by atoms with Gasteiger partial charge in [0.15, 0.2) is 0 Å². The first kappa shape index (κ1) is 31.9. The number of alkyl carbamates (subject to hydrolysis) is 1. The molecule has 2 atom stereocenters. The van der Waals surface area contributed by atoms with Crippen LogP contribution in [0.5, 0.6) is 0 Å². The van der Waals surface area contributed by atoms with Crippen LogP contribution in [-0.4, -0.2) is 41.0 Å². The molecule has 0 radical (unpaired) electrons. The number of carbonyl (C=O) groups is 3. The largest absolute Gasteiger partial charge is 0.444 e. The van der Waals surface area contributed by atoms with Crippen molar-refractivity contribution in [2.24, 2.45) is 5.92 Å². The van der Waals surface area contributed by atoms with Crippen molar-refractivity contribution >= 4 is 41.3 Å². The van der Waals surface area contributed by atoms with Gasteiger partial charge in [0.2, 0.25) is 5.91 Å². The van der Waals surface area contributed by atoms with Crippen LogP contribution in [0.15, 0.2) is 49.0 Å². The normalized spacial score (nSPS) is 12.8. The third kappa shape index (κ3) is 9.13. The van der Waals surface area contributed by atoms with Crippen molar-refractivity contribution in [3.05, 3.63) is 70.8 Å². The second-order valence-corrected chi connectivity index (χ2v) is 11.4. The summed E-state index contributed by atoms with van der Waals surface area (Å²) in [4.78, 5) is 42.4. The molecule has 0 saturated heterocycles. The van der Waals surface area contributed by atoms with Gasteiger partial charge in [0.1, 0.15) is 17.7 Å². The number of para-hydroxylation sites is 1. The van der Waals surface area contributed by atoms with Gasteiger partial charge in [-0.2, -0.15) is 0 Å². The lowest BCUT2D eigenvalue weighted by molar-refractivity contribution is -0.141. The molecule has 2 N–H and O–H groups in total. The maximum absolute atomic E-state index is 14.2. The molecule has 8 heteroatoms. The number of hydrogen-bond donors (Lipinski definition) is 2. The summed E-state index contributed by atoms with van der Waals surface area (Å²) in [7, 11) is 0. The maximum atomic E-state index is 14.2. The summed E-state index contributed by atoms with van der Waals surface area (Å²) >= 11 is 6.43. The predicted molar refractivity (Wildman–Crippen MR) is 159 cm³/mol. The number of nitrogens with zero attached hydrogens (tertiary/aromatic N) is 1. The average Bonchev–Trinajstić information content (AvgIpc) is 2.85. The Morgan fingerprint density at radius 1 is 1.13 bits per heavy atom. The van der Waals surface area contributed by atoms with E-state index in [4.69, 9.17) is 16.3 Å². The zero-order valence-corrected chi connectivity index (χ0v) is 24.9. The van der Waals surface area contributed by atoms with Crippen LogP contribution in [0.4, 0.5) is 10.5 Å². The van der Waals surface area contributed by atoms with Gasteiger partial charge >= 0.3 is 6.09 Å². The van der Waals surface area contributed by atoms with Crippen LogP contribution in [0.3, 0.4) is 0 Å². The number of ether oxygens (including phenoxy) is 1. The van der Waals surface area contributed by atoms with Gasteiger partial charge in [0, 0.05) is 6.54 Å². The fourth-order valence-electron chi connectivity index (χ4n) is 4.13. The molecule has 2 unspecified atom stereocenters. The number of hydrogen-bond acceptors (Lipinski definition) is 4. The molecule has 212 valence electrons. The molecule has 3 amide bonds. The summed E-state index contributed by atoms with van der Waals surface area (Å²) in [5.74, 6) is -1.04. The summed E-state index contributed by atoms with van der Waals surface area (Å²) in [6, 6.07) is 10.8. The third-order valence-corrected chi connectivity index (χ3v) is 6.45. The van der Waals surface area contributed by atoms with Crippen molar-refractivity contribution in [1.82, 2.24) is 10.2 Å². The highest BCUT2D eigenvalue weighted by Crippen LogP contribution is 2.30. The molecule has 7 nitrogen and oxygen atoms in total. The Morgan fingerprint density at radius 2 is 1.79 bits per heavy atom. The topological polar surface area (TPSA) is 87.7 Å². The molecule has 39 heavy (non-hydrogen) atoms. The Kier molecular flexibility index (Phi) is 11.6. The van der Waals surface area contributed by atoms with Crippen LogP contribution >= 0.6 is 11.6 Å². The number of aryl methyl sites for hydroxylation is 1. The van der Waals surface area contributed by atoms with Crippen LogP contribution in [0.25, 0.3) is 6.08 Å². The summed E-state index contributed by atoms with van der Waals surface area (Å²) < 4.78 is 5.43. The van der Waals surface area contributed by atoms with Gasteiger partial charge in [-0.25, -0.2) is 4.79 Å². The van der Waals surface area contributed by atoms with Gasteiger partial charge in [-0.3, -0.25) is 9.59 Å². The fraction of sp³-hybridized carbons (Fsp3) is 0.452. The van der Waals surface area contributed by atoms with Crippen molar-refractivity contribution in [2.75, 3.05) is 11.9 Å². The van der Waals surface area contributed by atoms with Crippen LogP contribution in [-0.2, 0) is 14.3 Å². The Hall–Kier alpha value is -3.32. The van der Waals surface area contributed by atoms with Gasteiger partial charge in [0.05, 0.1) is 10.7 Å². The molecule has 0 heterocycles. The molecule has 2 aromatic rings. The number of anilines is 1. The van der Waals surface area contributed by atoms with E-state index in [1.54, 1.807) is 37.8 Å². The lowest BCUT2D eigenvalue weighted by Crippen LogP contribution is -2.54. The number of halogens is 1. The average molecular weight is 556 g/mol. The summed E-state index contributed by atoms with van der Waals surface area (Å²) in [6.07, 6.45) is 2.47. The van der Waals surface area contributed by atoms with E-state index in [1.165, 1.54) is 0 Å². The summed E-state index contributed by atoms with van der Waals surface area (Å²) in [5, 5.41) is 6.11. The van der Waals surface area contributed by atoms with Gasteiger partial charge in [0.25, 0.3) is 5.91 Å². The summed E-state index contributed by atoms with van der Waals surface area (Å²) in [6.45, 7) is 17.0. The number of nitrogens with one attached hydrogen (secondary N) is 2. The minimum Gasteiger partial charge on any atom is -0.444 e. The van der Waals surface area contributed by atoms with E-state index in [-0.39, 0.29) is 11.8 Å². The number of carbonyl (C=O) groups excluding carboxylic acids is 3. The molecule has 0 saturated carbocycles. The molecule has 0 spiro atoms. The van der Waals surface area contributed by atoms with Crippen molar-refractivity contribution in [2.45, 2.75) is 79.0 Å². The highest BCUT2D eigenvalue weighted by atomic mass is 35.5. The maximum Gasteiger partial charge on any atom is 0.408 e. The Bertz CT molecular complexity index is 1150. The van der Waals surface area contributed by atoms with Crippen LogP contribution in [0.2, 0.25) is 5.02 Å². The SMILES string of the molecule is C=Cc1cccc(C(C(=O)Nc2c(C)cccc2Cl)N(CCCC)C(=O)C(NC(=O)OC(C)(C)C)C(C)C)c1. The van der Waals surface area contributed by atoms with Crippen molar-refractivity contribution < 1.29 is 19.1 Å². The smallest absolute Gasteiger partial charge is 0.408 e. The highest BCUT2D eigenvalue weighted by molar-refractivity contribution is 6.34. The number of unbranched alkanes of at least 4 members (excludes halogenated alkanes) is 1. The van der Waals surface area contributed by atoms with Crippen LogP contribution in [0, 0.1) is 12.8 Å². The monoisotopic (exact) mass is 555 g/mol. The molecule has 0 aliphatic rings. The van der Waals surface area contributed by atoms with E-state index in [2.05, 4.69) is 17.2 Å². The molecular formula is C31H42ClN3O4. The van der Waals surface area contributed by atoms with E-state index >= 15 is 0 Å². The van der Waals surface area contributed by atoms with E-state index < -0.39 is 29.7 Å². The minimum atomic E-state index is -0.985. The molecule has 0 aliphatic carbocycles. The molecular weight excluding hydrogens is 514 g/mol. The van der Waals surface area contributed by atoms with Crippen molar-refractivity contribution in [3.8, 4) is 0 Å². The van der Waals surface area contributed by atoms with E-state index in [1.807, 2.05) is 64.1 Å². The van der Waals surface area contributed by atoms with Gasteiger partial charge < -0.3 is 20.3 Å². The second-order valence-electron chi connectivity index (χ2n) is 11.0. The first-order valence-corrected chi connectivity index (χ1v) is 13.7. The first-order valence-electron chi connectivity index (χ1n) is 13.4. The number of benzene rings is 2. The summed E-state index contributed by atoms with van der Waals surface area (Å²) in [5.41, 5.74) is 2.00. The number of rotatable bonds is 11. The Morgan fingerprint density at radius 3 is 2.36 bits per heavy atom. The molecule has 0 fully saturated rings. The van der Waals surface area contributed by atoms with Crippen LogP contribution < -0.4 is 10.6 Å². The Labute approximate surface area is 237 Å². The van der Waals surface area contributed by atoms with Gasteiger partial charge in [-0.1, -0.05) is 81.8 Å². The standard InChI is InChI=1S/C31H42ClN3O4/c1-9-11-18-35(29(37)25(20(3)4)34-30(38)39-31(6,7)8)27(23-16-13-15-22(10-2)19-23)28(36)33-26-21(5)14-12-17-24(26)32/h10,12-17,19-20,25,27H,2,9,11,18H2,1,3-8H3,(H,33,36)(H,34,38). The van der Waals surface area contributed by atoms with Crippen LogP contribution in [0.1, 0.15) is 77.1 Å². The Balaban J connectivity index is 2.59. The van der Waals surface area contributed by atoms with Gasteiger partial charge in [-0.15, -0.1) is 0 Å². The lowest BCUT2D eigenvalue weighted by atomic mass is 9.97. The molecule has 0 aliphatic heterocycles. The van der Waals surface area contributed by atoms with E-state index in [9.17, 15) is 14.4 Å². The van der Waals surface area contributed by atoms with E-state index in [0.717, 1.165) is 17.5 Å². The first-order chi connectivity index (χ1) is 18.3. The fourth-order valence-corrected chi connectivity index (χ4v) is 4.40. The molecule has 0 aromatic heterocycles. The zero-order chi connectivity index (χ0) is 29.3. The predicted octanol–water partition coefficient (Wildman–Crippen LogP) is 7.15. The van der Waals surface area contributed by atoms with Crippen molar-refractivity contribution in [3.63, 3.8) is 0 Å². The highest BCUT2D eigenvalue weighted by Gasteiger charge is 2.37. The van der Waals surface area contributed by atoms with Crippen molar-refractivity contribution in [1.29, 1.82) is 0 Å². The van der Waals surface area contributed by atoms with Gasteiger partial charge in [-0.05, 0) is 68.9 Å². The zero-order valence-electron chi connectivity index (χ0n) is 24.1. The lowest BCUT2D eigenvalue weighted by Gasteiger charge is -2.36. The molecule has 0 bridgehead atoms. The number of amides is 3. The second kappa shape index (κ2) is 14.2. The van der Waals surface area contributed by atoms with E-state index in [0.29, 0.717) is 29.2 Å². The molecule has 2 aromatic carbocycles. The molecule has 2 rings (SSSR count). The quantitative estimate of drug-likeness (QED) is 0.308. The minimum absolute atomic E-state index is 0.261.